The molecule has 0 unspecified atom stereocenters. The highest BCUT2D eigenvalue weighted by Crippen LogP contribution is 2.39. The summed E-state index contributed by atoms with van der Waals surface area (Å²) < 4.78 is 12.4. The van der Waals surface area contributed by atoms with E-state index in [9.17, 15) is 9.59 Å². The minimum atomic E-state index is -0.375. The molecule has 0 spiro atoms. The van der Waals surface area contributed by atoms with E-state index in [0.717, 1.165) is 41.0 Å². The molecule has 1 N–H and O–H groups in total. The van der Waals surface area contributed by atoms with Gasteiger partial charge in [-0.05, 0) is 56.0 Å². The van der Waals surface area contributed by atoms with Crippen LogP contribution in [0.1, 0.15) is 34.1 Å². The summed E-state index contributed by atoms with van der Waals surface area (Å²) in [5.41, 5.74) is 2.41. The van der Waals surface area contributed by atoms with Crippen LogP contribution in [0.4, 0.5) is 5.00 Å². The van der Waals surface area contributed by atoms with Crippen LogP contribution in [0, 0.1) is 0 Å². The maximum Gasteiger partial charge on any atom is 0.341 e. The number of aryl methyl sites for hydroxylation is 1. The molecular weight excluding hydrogens is 472 g/mol. The van der Waals surface area contributed by atoms with Gasteiger partial charge in [-0.3, -0.25) is 9.36 Å². The Morgan fingerprint density at radius 1 is 1.26 bits per heavy atom. The topological polar surface area (TPSA) is 95.3 Å². The highest BCUT2D eigenvalue weighted by Gasteiger charge is 2.28. The van der Waals surface area contributed by atoms with Crippen molar-refractivity contribution in [1.82, 2.24) is 14.8 Å². The number of hydrogen-bond donors (Lipinski definition) is 1. The zero-order chi connectivity index (χ0) is 24.1. The normalized spacial score (nSPS) is 12.3. The number of anilines is 1. The van der Waals surface area contributed by atoms with E-state index >= 15 is 0 Å². The zero-order valence-electron chi connectivity index (χ0n) is 19.1. The third-order valence-corrected chi connectivity index (χ3v) is 7.54. The summed E-state index contributed by atoms with van der Waals surface area (Å²) in [4.78, 5) is 26.5. The molecule has 0 radical (unpaired) electrons. The first-order chi connectivity index (χ1) is 16.5. The molecule has 1 aliphatic carbocycles. The van der Waals surface area contributed by atoms with Gasteiger partial charge in [0.15, 0.2) is 11.0 Å². The second-order valence-corrected chi connectivity index (χ2v) is 9.60. The van der Waals surface area contributed by atoms with E-state index in [2.05, 4.69) is 22.1 Å². The van der Waals surface area contributed by atoms with Gasteiger partial charge in [0.25, 0.3) is 0 Å². The van der Waals surface area contributed by atoms with Crippen LogP contribution in [0.3, 0.4) is 0 Å². The number of rotatable bonds is 10. The van der Waals surface area contributed by atoms with Crippen molar-refractivity contribution in [2.75, 3.05) is 24.8 Å². The number of esters is 1. The lowest BCUT2D eigenvalue weighted by atomic mass is 10.1. The molecule has 1 aromatic carbocycles. The first-order valence-corrected chi connectivity index (χ1v) is 12.8. The van der Waals surface area contributed by atoms with Crippen molar-refractivity contribution in [2.24, 2.45) is 0 Å². The van der Waals surface area contributed by atoms with Crippen molar-refractivity contribution < 1.29 is 19.1 Å². The molecule has 0 fully saturated rings. The van der Waals surface area contributed by atoms with Crippen molar-refractivity contribution in [3.63, 3.8) is 0 Å². The Morgan fingerprint density at radius 3 is 2.76 bits per heavy atom. The molecule has 1 amide bonds. The van der Waals surface area contributed by atoms with Crippen molar-refractivity contribution >= 4 is 40.0 Å². The lowest BCUT2D eigenvalue weighted by molar-refractivity contribution is -0.113. The van der Waals surface area contributed by atoms with Gasteiger partial charge >= 0.3 is 5.97 Å². The van der Waals surface area contributed by atoms with Crippen LogP contribution in [-0.2, 0) is 28.9 Å². The lowest BCUT2D eigenvalue weighted by Crippen LogP contribution is -2.17. The second kappa shape index (κ2) is 10.9. The Morgan fingerprint density at radius 2 is 2.06 bits per heavy atom. The van der Waals surface area contributed by atoms with E-state index in [0.29, 0.717) is 34.7 Å². The Kier molecular flexibility index (Phi) is 7.69. The molecule has 8 nitrogen and oxygen atoms in total. The molecule has 1 aliphatic rings. The number of thioether (sulfide) groups is 1. The summed E-state index contributed by atoms with van der Waals surface area (Å²) in [6.07, 6.45) is 4.55. The minimum Gasteiger partial charge on any atom is -0.497 e. The summed E-state index contributed by atoms with van der Waals surface area (Å²) >= 11 is 2.76. The number of fused-ring (bicyclic) bond motifs is 1. The smallest absolute Gasteiger partial charge is 0.341 e. The number of carbonyl (C=O) groups is 2. The highest BCUT2D eigenvalue weighted by atomic mass is 32.2. The van der Waals surface area contributed by atoms with Crippen molar-refractivity contribution in [3.05, 3.63) is 52.9 Å². The number of thiophene rings is 1. The fraction of sp³-hybridized carbons (Fsp3) is 0.333. The predicted molar refractivity (Wildman–Crippen MR) is 134 cm³/mol. The molecule has 178 valence electrons. The average molecular weight is 499 g/mol. The summed E-state index contributed by atoms with van der Waals surface area (Å²) in [5, 5.41) is 12.7. The first kappa shape index (κ1) is 24.0. The summed E-state index contributed by atoms with van der Waals surface area (Å²) in [7, 11) is 1.62. The molecule has 3 aromatic rings. The predicted octanol–water partition coefficient (Wildman–Crippen LogP) is 4.60. The van der Waals surface area contributed by atoms with E-state index in [1.165, 1.54) is 23.1 Å². The number of allylic oxidation sites excluding steroid dienone is 1. The van der Waals surface area contributed by atoms with Crippen LogP contribution in [-0.4, -0.2) is 46.1 Å². The summed E-state index contributed by atoms with van der Waals surface area (Å²) in [5.74, 6) is 0.980. The molecule has 10 heteroatoms. The number of benzene rings is 1. The van der Waals surface area contributed by atoms with E-state index in [1.807, 2.05) is 28.8 Å². The number of ether oxygens (including phenoxy) is 2. The van der Waals surface area contributed by atoms with Crippen LogP contribution < -0.4 is 10.1 Å². The van der Waals surface area contributed by atoms with Crippen molar-refractivity contribution in [3.8, 4) is 17.1 Å². The highest BCUT2D eigenvalue weighted by molar-refractivity contribution is 7.99. The third-order valence-electron chi connectivity index (χ3n) is 5.36. The van der Waals surface area contributed by atoms with E-state index < -0.39 is 0 Å². The molecule has 4 rings (SSSR count). The van der Waals surface area contributed by atoms with E-state index in [1.54, 1.807) is 20.1 Å². The van der Waals surface area contributed by atoms with E-state index in [-0.39, 0.29) is 17.6 Å². The SMILES string of the molecule is C=CCn1c(SCC(=O)Nc2sc3c(c2C(=O)OCC)CCC3)nnc1-c1ccc(OC)cc1. The van der Waals surface area contributed by atoms with Gasteiger partial charge in [0.2, 0.25) is 5.91 Å². The van der Waals surface area contributed by atoms with Crippen molar-refractivity contribution in [2.45, 2.75) is 37.9 Å². The molecule has 0 saturated carbocycles. The van der Waals surface area contributed by atoms with Gasteiger partial charge in [0.05, 0.1) is 25.0 Å². The lowest BCUT2D eigenvalue weighted by Gasteiger charge is -2.09. The Hall–Kier alpha value is -3.11. The first-order valence-electron chi connectivity index (χ1n) is 11.0. The molecule has 2 aromatic heterocycles. The Balaban J connectivity index is 1.48. The van der Waals surface area contributed by atoms with E-state index in [4.69, 9.17) is 9.47 Å². The van der Waals surface area contributed by atoms with Gasteiger partial charge in [0.1, 0.15) is 10.8 Å². The number of methoxy groups -OCH3 is 1. The molecule has 0 saturated heterocycles. The van der Waals surface area contributed by atoms with Crippen LogP contribution in [0.5, 0.6) is 5.75 Å². The standard InChI is InChI=1S/C24H26N4O4S2/c1-4-13-28-21(15-9-11-16(31-3)12-10-15)26-27-24(28)33-14-19(29)25-22-20(23(30)32-5-2)17-7-6-8-18(17)34-22/h4,9-12H,1,5-8,13-14H2,2-3H3,(H,25,29). The Bertz CT molecular complexity index is 1200. The fourth-order valence-corrected chi connectivity index (χ4v) is 5.89. The number of nitrogens with one attached hydrogen (secondary N) is 1. The average Bonchev–Trinajstić information content (AvgIpc) is 3.53. The van der Waals surface area contributed by atoms with Crippen LogP contribution in [0.2, 0.25) is 0 Å². The Labute approximate surface area is 206 Å². The minimum absolute atomic E-state index is 0.128. The van der Waals surface area contributed by atoms with Gasteiger partial charge in [-0.1, -0.05) is 17.8 Å². The maximum absolute atomic E-state index is 12.8. The van der Waals surface area contributed by atoms with Gasteiger partial charge in [-0.2, -0.15) is 0 Å². The molecule has 2 heterocycles. The monoisotopic (exact) mass is 498 g/mol. The number of aromatic nitrogens is 3. The number of nitrogens with zero attached hydrogens (tertiary/aromatic N) is 3. The number of hydrogen-bond acceptors (Lipinski definition) is 8. The van der Waals surface area contributed by atoms with Gasteiger partial charge in [0, 0.05) is 17.0 Å². The molecule has 0 atom stereocenters. The maximum atomic E-state index is 12.8. The fourth-order valence-electron chi connectivity index (χ4n) is 3.85. The molecule has 34 heavy (non-hydrogen) atoms. The number of carbonyl (C=O) groups excluding carboxylic acids is 2. The van der Waals surface area contributed by atoms with Gasteiger partial charge in [-0.15, -0.1) is 28.1 Å². The molecule has 0 aliphatic heterocycles. The third kappa shape index (κ3) is 5.02. The summed E-state index contributed by atoms with van der Waals surface area (Å²) in [6, 6.07) is 7.55. The quantitative estimate of drug-likeness (QED) is 0.248. The van der Waals surface area contributed by atoms with Gasteiger partial charge in [-0.25, -0.2) is 4.79 Å². The van der Waals surface area contributed by atoms with Crippen LogP contribution in [0.25, 0.3) is 11.4 Å². The van der Waals surface area contributed by atoms with Crippen molar-refractivity contribution in [1.29, 1.82) is 0 Å². The molecule has 0 bridgehead atoms. The second-order valence-electron chi connectivity index (χ2n) is 7.55. The number of amides is 1. The summed E-state index contributed by atoms with van der Waals surface area (Å²) in [6.45, 7) is 6.40. The molecular formula is C24H26N4O4S2. The van der Waals surface area contributed by atoms with Gasteiger partial charge < -0.3 is 14.8 Å². The largest absolute Gasteiger partial charge is 0.497 e. The zero-order valence-corrected chi connectivity index (χ0v) is 20.8. The van der Waals surface area contributed by atoms with Crippen LogP contribution in [0.15, 0.2) is 42.1 Å². The van der Waals surface area contributed by atoms with Crippen LogP contribution >= 0.6 is 23.1 Å².